The SMILES string of the molecule is Cc1c(CN2CCNCC2)nc2ccccn12. The lowest BCUT2D eigenvalue weighted by Crippen LogP contribution is -2.43. The Morgan fingerprint density at radius 2 is 2.12 bits per heavy atom. The van der Waals surface area contributed by atoms with Gasteiger partial charge < -0.3 is 9.72 Å². The van der Waals surface area contributed by atoms with Gasteiger partial charge in [0.1, 0.15) is 5.65 Å². The van der Waals surface area contributed by atoms with Crippen molar-refractivity contribution >= 4 is 5.65 Å². The van der Waals surface area contributed by atoms with E-state index in [0.717, 1.165) is 38.4 Å². The van der Waals surface area contributed by atoms with Crippen LogP contribution in [0.25, 0.3) is 5.65 Å². The minimum absolute atomic E-state index is 0.967. The van der Waals surface area contributed by atoms with Crippen molar-refractivity contribution in [3.63, 3.8) is 0 Å². The minimum Gasteiger partial charge on any atom is -0.314 e. The summed E-state index contributed by atoms with van der Waals surface area (Å²) in [4.78, 5) is 7.17. The van der Waals surface area contributed by atoms with E-state index in [9.17, 15) is 0 Å². The van der Waals surface area contributed by atoms with E-state index in [4.69, 9.17) is 4.98 Å². The molecule has 3 rings (SSSR count). The molecule has 0 atom stereocenters. The van der Waals surface area contributed by atoms with Gasteiger partial charge in [0.2, 0.25) is 0 Å². The monoisotopic (exact) mass is 230 g/mol. The third-order valence-electron chi connectivity index (χ3n) is 3.45. The van der Waals surface area contributed by atoms with Gasteiger partial charge in [-0.15, -0.1) is 0 Å². The molecule has 0 spiro atoms. The van der Waals surface area contributed by atoms with Crippen LogP contribution in [-0.4, -0.2) is 40.5 Å². The number of hydrogen-bond acceptors (Lipinski definition) is 3. The van der Waals surface area contributed by atoms with Gasteiger partial charge in [-0.3, -0.25) is 4.90 Å². The van der Waals surface area contributed by atoms with E-state index in [1.54, 1.807) is 0 Å². The Morgan fingerprint density at radius 1 is 1.29 bits per heavy atom. The highest BCUT2D eigenvalue weighted by Gasteiger charge is 2.14. The predicted molar refractivity (Wildman–Crippen MR) is 68.1 cm³/mol. The largest absolute Gasteiger partial charge is 0.314 e. The van der Waals surface area contributed by atoms with Gasteiger partial charge in [-0.05, 0) is 19.1 Å². The molecule has 0 radical (unpaired) electrons. The first kappa shape index (κ1) is 10.7. The van der Waals surface area contributed by atoms with Gasteiger partial charge in [0.15, 0.2) is 0 Å². The summed E-state index contributed by atoms with van der Waals surface area (Å²) in [6.07, 6.45) is 2.08. The number of piperazine rings is 1. The molecule has 1 aliphatic rings. The Labute approximate surface area is 101 Å². The van der Waals surface area contributed by atoms with Crippen LogP contribution in [0.5, 0.6) is 0 Å². The van der Waals surface area contributed by atoms with Crippen molar-refractivity contribution < 1.29 is 0 Å². The van der Waals surface area contributed by atoms with E-state index in [-0.39, 0.29) is 0 Å². The lowest BCUT2D eigenvalue weighted by atomic mass is 10.3. The van der Waals surface area contributed by atoms with Gasteiger partial charge in [0.05, 0.1) is 5.69 Å². The fourth-order valence-corrected chi connectivity index (χ4v) is 2.40. The summed E-state index contributed by atoms with van der Waals surface area (Å²) < 4.78 is 2.16. The third kappa shape index (κ3) is 2.06. The molecular formula is C13H18N4. The number of nitrogens with zero attached hydrogens (tertiary/aromatic N) is 3. The molecule has 4 nitrogen and oxygen atoms in total. The standard InChI is InChI=1S/C13H18N4/c1-11-12(10-16-8-5-14-6-9-16)15-13-4-2-3-7-17(11)13/h2-4,7,14H,5-6,8-10H2,1H3. The summed E-state index contributed by atoms with van der Waals surface area (Å²) >= 11 is 0. The Bertz CT molecular complexity index is 511. The van der Waals surface area contributed by atoms with E-state index in [1.165, 1.54) is 11.4 Å². The molecule has 0 amide bonds. The van der Waals surface area contributed by atoms with E-state index in [0.29, 0.717) is 0 Å². The summed E-state index contributed by atoms with van der Waals surface area (Å²) in [7, 11) is 0. The van der Waals surface area contributed by atoms with Crippen molar-refractivity contribution in [2.24, 2.45) is 0 Å². The van der Waals surface area contributed by atoms with Crippen molar-refractivity contribution in [2.75, 3.05) is 26.2 Å². The number of rotatable bonds is 2. The normalized spacial score (nSPS) is 17.7. The van der Waals surface area contributed by atoms with Crippen LogP contribution in [0.4, 0.5) is 0 Å². The van der Waals surface area contributed by atoms with Crippen molar-refractivity contribution in [3.05, 3.63) is 35.8 Å². The van der Waals surface area contributed by atoms with E-state index < -0.39 is 0 Å². The van der Waals surface area contributed by atoms with Crippen LogP contribution >= 0.6 is 0 Å². The molecule has 1 fully saturated rings. The number of nitrogens with one attached hydrogen (secondary N) is 1. The summed E-state index contributed by atoms with van der Waals surface area (Å²) in [5.41, 5.74) is 3.52. The molecule has 1 aliphatic heterocycles. The zero-order valence-electron chi connectivity index (χ0n) is 10.2. The zero-order valence-corrected chi connectivity index (χ0v) is 10.2. The Kier molecular flexibility index (Phi) is 2.82. The molecule has 0 saturated carbocycles. The Hall–Kier alpha value is -1.39. The molecule has 0 unspecified atom stereocenters. The second-order valence-corrected chi connectivity index (χ2v) is 4.60. The van der Waals surface area contributed by atoms with Gasteiger partial charge >= 0.3 is 0 Å². The first-order valence-electron chi connectivity index (χ1n) is 6.20. The molecule has 1 saturated heterocycles. The molecule has 0 aromatic carbocycles. The molecule has 17 heavy (non-hydrogen) atoms. The second kappa shape index (κ2) is 4.47. The number of aryl methyl sites for hydroxylation is 1. The van der Waals surface area contributed by atoms with Gasteiger partial charge in [-0.1, -0.05) is 6.07 Å². The highest BCUT2D eigenvalue weighted by molar-refractivity contribution is 5.42. The fraction of sp³-hybridized carbons (Fsp3) is 0.462. The number of aromatic nitrogens is 2. The Balaban J connectivity index is 1.87. The molecule has 0 aliphatic carbocycles. The number of imidazole rings is 1. The fourth-order valence-electron chi connectivity index (χ4n) is 2.40. The van der Waals surface area contributed by atoms with Gasteiger partial charge in [-0.2, -0.15) is 0 Å². The molecular weight excluding hydrogens is 212 g/mol. The molecule has 2 aromatic heterocycles. The van der Waals surface area contributed by atoms with Crippen molar-refractivity contribution in [1.29, 1.82) is 0 Å². The first-order valence-corrected chi connectivity index (χ1v) is 6.20. The lowest BCUT2D eigenvalue weighted by molar-refractivity contribution is 0.230. The Morgan fingerprint density at radius 3 is 2.88 bits per heavy atom. The average Bonchev–Trinajstić information content (AvgIpc) is 2.68. The maximum atomic E-state index is 4.71. The lowest BCUT2D eigenvalue weighted by Gasteiger charge is -2.26. The smallest absolute Gasteiger partial charge is 0.137 e. The highest BCUT2D eigenvalue weighted by Crippen LogP contribution is 2.13. The van der Waals surface area contributed by atoms with Crippen molar-refractivity contribution in [1.82, 2.24) is 19.6 Å². The van der Waals surface area contributed by atoms with Crippen LogP contribution in [0.2, 0.25) is 0 Å². The van der Waals surface area contributed by atoms with Crippen LogP contribution in [0.15, 0.2) is 24.4 Å². The van der Waals surface area contributed by atoms with E-state index >= 15 is 0 Å². The van der Waals surface area contributed by atoms with Gasteiger partial charge in [0, 0.05) is 44.6 Å². The molecule has 0 bridgehead atoms. The summed E-state index contributed by atoms with van der Waals surface area (Å²) in [5, 5.41) is 3.37. The summed E-state index contributed by atoms with van der Waals surface area (Å²) in [5.74, 6) is 0. The molecule has 2 aromatic rings. The molecule has 4 heteroatoms. The third-order valence-corrected chi connectivity index (χ3v) is 3.45. The average molecular weight is 230 g/mol. The number of fused-ring (bicyclic) bond motifs is 1. The van der Waals surface area contributed by atoms with Crippen LogP contribution in [0.1, 0.15) is 11.4 Å². The topological polar surface area (TPSA) is 32.6 Å². The maximum absolute atomic E-state index is 4.71. The highest BCUT2D eigenvalue weighted by atomic mass is 15.2. The molecule has 90 valence electrons. The first-order chi connectivity index (χ1) is 8.34. The van der Waals surface area contributed by atoms with Crippen molar-refractivity contribution in [3.8, 4) is 0 Å². The summed E-state index contributed by atoms with van der Waals surface area (Å²) in [6, 6.07) is 6.15. The van der Waals surface area contributed by atoms with E-state index in [2.05, 4.69) is 39.9 Å². The van der Waals surface area contributed by atoms with Gasteiger partial charge in [-0.25, -0.2) is 4.98 Å². The predicted octanol–water partition coefficient (Wildman–Crippen LogP) is 1.05. The molecule has 3 heterocycles. The van der Waals surface area contributed by atoms with Crippen LogP contribution in [0.3, 0.4) is 0 Å². The van der Waals surface area contributed by atoms with Gasteiger partial charge in [0.25, 0.3) is 0 Å². The van der Waals surface area contributed by atoms with Crippen LogP contribution < -0.4 is 5.32 Å². The van der Waals surface area contributed by atoms with Crippen molar-refractivity contribution in [2.45, 2.75) is 13.5 Å². The number of pyridine rings is 1. The van der Waals surface area contributed by atoms with Crippen LogP contribution in [-0.2, 0) is 6.54 Å². The minimum atomic E-state index is 0.967. The summed E-state index contributed by atoms with van der Waals surface area (Å²) in [6.45, 7) is 7.53. The zero-order chi connectivity index (χ0) is 11.7. The quantitative estimate of drug-likeness (QED) is 0.837. The van der Waals surface area contributed by atoms with E-state index in [1.807, 2.05) is 6.07 Å². The molecule has 1 N–H and O–H groups in total. The second-order valence-electron chi connectivity index (χ2n) is 4.60. The van der Waals surface area contributed by atoms with Crippen LogP contribution in [0, 0.1) is 6.92 Å². The maximum Gasteiger partial charge on any atom is 0.137 e. The number of hydrogen-bond donors (Lipinski definition) is 1.